The van der Waals surface area contributed by atoms with Gasteiger partial charge in [0, 0.05) is 34.3 Å². The van der Waals surface area contributed by atoms with Gasteiger partial charge in [-0.05, 0) is 62.3 Å². The van der Waals surface area contributed by atoms with Crippen molar-refractivity contribution < 1.29 is 18.7 Å². The van der Waals surface area contributed by atoms with Gasteiger partial charge >= 0.3 is 5.97 Å². The molecule has 0 unspecified atom stereocenters. The molecule has 0 bridgehead atoms. The first-order valence-electron chi connectivity index (χ1n) is 14.0. The molecular weight excluding hydrogens is 567 g/mol. The number of methoxy groups -OCH3 is 1. The van der Waals surface area contributed by atoms with E-state index in [2.05, 4.69) is 14.5 Å². The highest BCUT2D eigenvalue weighted by molar-refractivity contribution is 7.09. The SMILES string of the molecule is COC(=O)c1ccc2nc(CN3CCC(c4cccc(OCc5ccc(C#N)cc5F)n4)CC3)n(Cc3cncs3)c2c1. The Morgan fingerprint density at radius 2 is 1.98 bits per heavy atom. The van der Waals surface area contributed by atoms with Crippen molar-refractivity contribution in [1.82, 2.24) is 24.4 Å². The van der Waals surface area contributed by atoms with Crippen LogP contribution in [0.1, 0.15) is 56.6 Å². The summed E-state index contributed by atoms with van der Waals surface area (Å²) in [5.74, 6) is 0.830. The molecule has 0 atom stereocenters. The number of benzene rings is 2. The zero-order chi connectivity index (χ0) is 29.8. The number of hydrogen-bond acceptors (Lipinski definition) is 9. The number of pyridine rings is 1. The van der Waals surface area contributed by atoms with E-state index in [4.69, 9.17) is 24.7 Å². The summed E-state index contributed by atoms with van der Waals surface area (Å²) in [5, 5.41) is 8.95. The first kappa shape index (κ1) is 28.5. The molecule has 2 aromatic carbocycles. The van der Waals surface area contributed by atoms with Gasteiger partial charge in [0.15, 0.2) is 0 Å². The molecule has 3 aromatic heterocycles. The molecule has 0 spiro atoms. The number of fused-ring (bicyclic) bond motifs is 1. The number of carbonyl (C=O) groups is 1. The number of ether oxygens (including phenoxy) is 2. The Morgan fingerprint density at radius 3 is 2.72 bits per heavy atom. The third-order valence-electron chi connectivity index (χ3n) is 7.72. The van der Waals surface area contributed by atoms with Gasteiger partial charge in [-0.3, -0.25) is 9.88 Å². The van der Waals surface area contributed by atoms with E-state index in [1.165, 1.54) is 13.2 Å². The second-order valence-electron chi connectivity index (χ2n) is 10.4. The normalized spacial score (nSPS) is 14.1. The van der Waals surface area contributed by atoms with Gasteiger partial charge in [-0.15, -0.1) is 11.3 Å². The van der Waals surface area contributed by atoms with Crippen molar-refractivity contribution in [3.63, 3.8) is 0 Å². The van der Waals surface area contributed by atoms with Crippen molar-refractivity contribution in [2.75, 3.05) is 20.2 Å². The largest absolute Gasteiger partial charge is 0.473 e. The van der Waals surface area contributed by atoms with Crippen LogP contribution in [0.4, 0.5) is 4.39 Å². The summed E-state index contributed by atoms with van der Waals surface area (Å²) in [6.07, 6.45) is 3.73. The zero-order valence-corrected chi connectivity index (χ0v) is 24.4. The molecule has 6 rings (SSSR count). The van der Waals surface area contributed by atoms with Gasteiger partial charge in [-0.2, -0.15) is 5.26 Å². The molecule has 43 heavy (non-hydrogen) atoms. The van der Waals surface area contributed by atoms with Crippen molar-refractivity contribution in [3.05, 3.63) is 105 Å². The number of nitriles is 1. The second kappa shape index (κ2) is 12.7. The predicted molar refractivity (Wildman–Crippen MR) is 159 cm³/mol. The first-order chi connectivity index (χ1) is 21.0. The molecule has 1 fully saturated rings. The van der Waals surface area contributed by atoms with Gasteiger partial charge in [0.05, 0.1) is 53.9 Å². The maximum Gasteiger partial charge on any atom is 0.337 e. The summed E-state index contributed by atoms with van der Waals surface area (Å²) in [6.45, 7) is 3.10. The summed E-state index contributed by atoms with van der Waals surface area (Å²) in [4.78, 5) is 29.6. The lowest BCUT2D eigenvalue weighted by molar-refractivity contribution is 0.0601. The molecule has 9 nitrogen and oxygen atoms in total. The van der Waals surface area contributed by atoms with Crippen LogP contribution in [0.3, 0.4) is 0 Å². The van der Waals surface area contributed by atoms with Gasteiger partial charge < -0.3 is 14.0 Å². The number of aromatic nitrogens is 4. The topological polar surface area (TPSA) is 106 Å². The summed E-state index contributed by atoms with van der Waals surface area (Å²) in [5.41, 5.74) is 5.66. The van der Waals surface area contributed by atoms with Crippen molar-refractivity contribution in [1.29, 1.82) is 5.26 Å². The maximum absolute atomic E-state index is 14.3. The minimum Gasteiger partial charge on any atom is -0.473 e. The van der Waals surface area contributed by atoms with E-state index in [-0.39, 0.29) is 24.1 Å². The molecular formula is C32H29FN6O3S. The number of halogens is 1. The number of likely N-dealkylation sites (tertiary alicyclic amines) is 1. The Kier molecular flexibility index (Phi) is 8.40. The minimum absolute atomic E-state index is 0.0378. The average molecular weight is 597 g/mol. The maximum atomic E-state index is 14.3. The van der Waals surface area contributed by atoms with Crippen LogP contribution in [0, 0.1) is 17.1 Å². The van der Waals surface area contributed by atoms with E-state index >= 15 is 0 Å². The van der Waals surface area contributed by atoms with Crippen LogP contribution >= 0.6 is 11.3 Å². The van der Waals surface area contributed by atoms with E-state index in [0.717, 1.165) is 53.4 Å². The van der Waals surface area contributed by atoms with Gasteiger partial charge in [0.2, 0.25) is 5.88 Å². The highest BCUT2D eigenvalue weighted by Crippen LogP contribution is 2.30. The van der Waals surface area contributed by atoms with Gasteiger partial charge in [0.1, 0.15) is 18.2 Å². The Bertz CT molecular complexity index is 1790. The number of carbonyl (C=O) groups excluding carboxylic acids is 1. The third-order valence-corrected chi connectivity index (χ3v) is 8.48. The number of hydrogen-bond donors (Lipinski definition) is 0. The first-order valence-corrected chi connectivity index (χ1v) is 14.8. The Labute approximate surface area is 252 Å². The number of thiazole rings is 1. The number of esters is 1. The fourth-order valence-electron chi connectivity index (χ4n) is 5.40. The molecule has 11 heteroatoms. The Morgan fingerprint density at radius 1 is 1.12 bits per heavy atom. The molecule has 0 N–H and O–H groups in total. The zero-order valence-electron chi connectivity index (χ0n) is 23.6. The highest BCUT2D eigenvalue weighted by Gasteiger charge is 2.24. The number of imidazole rings is 1. The molecule has 0 amide bonds. The van der Waals surface area contributed by atoms with Crippen LogP contribution < -0.4 is 4.74 Å². The van der Waals surface area contributed by atoms with Gasteiger partial charge in [0.25, 0.3) is 0 Å². The van der Waals surface area contributed by atoms with Crippen LogP contribution in [0.25, 0.3) is 11.0 Å². The Balaban J connectivity index is 1.12. The lowest BCUT2D eigenvalue weighted by atomic mass is 9.93. The molecule has 5 aromatic rings. The average Bonchev–Trinajstić information content (AvgIpc) is 3.68. The van der Waals surface area contributed by atoms with E-state index in [1.807, 2.05) is 42.0 Å². The number of rotatable bonds is 9. The summed E-state index contributed by atoms with van der Waals surface area (Å²) >= 11 is 1.59. The molecule has 1 aliphatic heterocycles. The highest BCUT2D eigenvalue weighted by atomic mass is 32.1. The molecule has 0 radical (unpaired) electrons. The fourth-order valence-corrected chi connectivity index (χ4v) is 5.98. The van der Waals surface area contributed by atoms with E-state index in [1.54, 1.807) is 35.6 Å². The number of nitrogens with zero attached hydrogens (tertiary/aromatic N) is 6. The standard InChI is InChI=1S/C32H29FN6O3S/c1-41-32(40)23-7-8-28-29(14-23)39(17-25-16-35-20-43-25)30(36-28)18-38-11-9-22(10-12-38)27-3-2-4-31(37-27)42-19-24-6-5-21(15-34)13-26(24)33/h2-8,13-14,16,20,22H,9-12,17-19H2,1H3. The summed E-state index contributed by atoms with van der Waals surface area (Å²) < 4.78 is 27.2. The predicted octanol–water partition coefficient (Wildman–Crippen LogP) is 5.69. The van der Waals surface area contributed by atoms with Gasteiger partial charge in [-0.1, -0.05) is 12.1 Å². The second-order valence-corrected chi connectivity index (χ2v) is 11.4. The summed E-state index contributed by atoms with van der Waals surface area (Å²) in [7, 11) is 1.38. The van der Waals surface area contributed by atoms with Crippen LogP contribution in [-0.2, 0) is 24.4 Å². The molecule has 0 saturated carbocycles. The summed E-state index contributed by atoms with van der Waals surface area (Å²) in [6, 6.07) is 17.5. The lowest BCUT2D eigenvalue weighted by Gasteiger charge is -2.31. The number of piperidine rings is 1. The van der Waals surface area contributed by atoms with Crippen molar-refractivity contribution in [2.24, 2.45) is 0 Å². The van der Waals surface area contributed by atoms with Crippen LogP contribution in [0.15, 0.2) is 66.3 Å². The van der Waals surface area contributed by atoms with Crippen LogP contribution in [0.5, 0.6) is 5.88 Å². The van der Waals surface area contributed by atoms with E-state index in [0.29, 0.717) is 30.1 Å². The molecule has 0 aliphatic carbocycles. The van der Waals surface area contributed by atoms with E-state index < -0.39 is 5.82 Å². The molecule has 4 heterocycles. The quantitative estimate of drug-likeness (QED) is 0.200. The van der Waals surface area contributed by atoms with Gasteiger partial charge in [-0.25, -0.2) is 19.2 Å². The van der Waals surface area contributed by atoms with Crippen LogP contribution in [-0.4, -0.2) is 50.6 Å². The van der Waals surface area contributed by atoms with Crippen molar-refractivity contribution in [2.45, 2.75) is 38.5 Å². The lowest BCUT2D eigenvalue weighted by Crippen LogP contribution is -2.33. The fraction of sp³-hybridized carbons (Fsp3) is 0.281. The van der Waals surface area contributed by atoms with Crippen molar-refractivity contribution >= 4 is 28.3 Å². The molecule has 1 aliphatic rings. The third kappa shape index (κ3) is 6.40. The monoisotopic (exact) mass is 596 g/mol. The molecule has 218 valence electrons. The Hall–Kier alpha value is -4.66. The minimum atomic E-state index is -0.466. The smallest absolute Gasteiger partial charge is 0.337 e. The molecule has 1 saturated heterocycles. The van der Waals surface area contributed by atoms with Crippen LogP contribution in [0.2, 0.25) is 0 Å². The van der Waals surface area contributed by atoms with E-state index in [9.17, 15) is 9.18 Å². The van der Waals surface area contributed by atoms with Crippen molar-refractivity contribution in [3.8, 4) is 11.9 Å².